The first-order chi connectivity index (χ1) is 33.0. The van der Waals surface area contributed by atoms with Crippen molar-refractivity contribution in [2.75, 3.05) is 13.2 Å². The van der Waals surface area contributed by atoms with E-state index in [-0.39, 0.29) is 37.5 Å². The van der Waals surface area contributed by atoms with Gasteiger partial charge in [0.1, 0.15) is 13.2 Å². The van der Waals surface area contributed by atoms with E-state index in [0.717, 1.165) is 109 Å². The molecule has 0 saturated heterocycles. The van der Waals surface area contributed by atoms with Crippen LogP contribution >= 0.6 is 0 Å². The Morgan fingerprint density at radius 1 is 0.313 bits per heavy atom. The zero-order chi connectivity index (χ0) is 48.6. The normalized spacial score (nSPS) is 12.6. The minimum atomic E-state index is -0.801. The molecule has 0 amide bonds. The van der Waals surface area contributed by atoms with Gasteiger partial charge in [0.2, 0.25) is 0 Å². The average Bonchev–Trinajstić information content (AvgIpc) is 3.33. The van der Waals surface area contributed by atoms with Crippen LogP contribution in [0.1, 0.15) is 278 Å². The van der Waals surface area contributed by atoms with Crippen molar-refractivity contribution in [2.24, 2.45) is 0 Å². The first-order valence-corrected chi connectivity index (χ1v) is 28.4. The van der Waals surface area contributed by atoms with Gasteiger partial charge in [-0.3, -0.25) is 14.4 Å². The van der Waals surface area contributed by atoms with E-state index < -0.39 is 6.10 Å². The molecule has 0 aliphatic rings. The molecule has 67 heavy (non-hydrogen) atoms. The zero-order valence-electron chi connectivity index (χ0n) is 44.2. The van der Waals surface area contributed by atoms with Crippen molar-refractivity contribution in [1.82, 2.24) is 0 Å². The third-order valence-corrected chi connectivity index (χ3v) is 12.2. The second kappa shape index (κ2) is 55.4. The van der Waals surface area contributed by atoms with E-state index in [9.17, 15) is 14.4 Å². The fourth-order valence-electron chi connectivity index (χ4n) is 8.00. The van der Waals surface area contributed by atoms with Gasteiger partial charge in [0.05, 0.1) is 0 Å². The Morgan fingerprint density at radius 3 is 0.910 bits per heavy atom. The Morgan fingerprint density at radius 2 is 0.582 bits per heavy atom. The van der Waals surface area contributed by atoms with E-state index >= 15 is 0 Å². The summed E-state index contributed by atoms with van der Waals surface area (Å²) in [6.07, 6.45) is 70.6. The summed E-state index contributed by atoms with van der Waals surface area (Å²) in [5, 5.41) is 0. The Bertz CT molecular complexity index is 1260. The first-order valence-electron chi connectivity index (χ1n) is 28.4. The number of rotatable bonds is 51. The number of carbonyl (C=O) groups is 3. The maximum Gasteiger partial charge on any atom is 0.306 e. The van der Waals surface area contributed by atoms with Gasteiger partial charge >= 0.3 is 17.9 Å². The number of esters is 3. The molecule has 0 saturated carbocycles. The molecule has 6 heteroatoms. The fraction of sp³-hybridized carbons (Fsp3) is 0.754. The van der Waals surface area contributed by atoms with Crippen molar-refractivity contribution in [3.05, 3.63) is 72.9 Å². The predicted octanol–water partition coefficient (Wildman–Crippen LogP) is 19.0. The summed E-state index contributed by atoms with van der Waals surface area (Å²) in [5.74, 6) is -0.949. The minimum Gasteiger partial charge on any atom is -0.462 e. The van der Waals surface area contributed by atoms with E-state index in [1.54, 1.807) is 0 Å². The van der Waals surface area contributed by atoms with Gasteiger partial charge in [0, 0.05) is 19.3 Å². The van der Waals surface area contributed by atoms with Crippen LogP contribution in [0.2, 0.25) is 0 Å². The van der Waals surface area contributed by atoms with Crippen LogP contribution < -0.4 is 0 Å². The molecule has 0 aromatic rings. The maximum absolute atomic E-state index is 12.8. The Balaban J connectivity index is 4.29. The van der Waals surface area contributed by atoms with E-state index in [2.05, 4.69) is 93.7 Å². The van der Waals surface area contributed by atoms with Gasteiger partial charge in [-0.25, -0.2) is 0 Å². The maximum atomic E-state index is 12.8. The predicted molar refractivity (Wildman–Crippen MR) is 288 cm³/mol. The molecule has 0 rings (SSSR count). The highest BCUT2D eigenvalue weighted by Crippen LogP contribution is 2.16. The van der Waals surface area contributed by atoms with Crippen LogP contribution in [0.15, 0.2) is 72.9 Å². The molecule has 0 aliphatic heterocycles. The summed E-state index contributed by atoms with van der Waals surface area (Å²) in [7, 11) is 0. The highest BCUT2D eigenvalue weighted by Gasteiger charge is 2.19. The number of hydrogen-bond donors (Lipinski definition) is 0. The zero-order valence-corrected chi connectivity index (χ0v) is 44.2. The van der Waals surface area contributed by atoms with Crippen molar-refractivity contribution < 1.29 is 28.6 Å². The van der Waals surface area contributed by atoms with Crippen LogP contribution in [0, 0.1) is 0 Å². The van der Waals surface area contributed by atoms with E-state index in [1.165, 1.54) is 128 Å². The molecule has 1 atom stereocenters. The van der Waals surface area contributed by atoms with E-state index in [1.807, 2.05) is 0 Å². The van der Waals surface area contributed by atoms with Gasteiger partial charge < -0.3 is 14.2 Å². The van der Waals surface area contributed by atoms with Crippen LogP contribution in [0.3, 0.4) is 0 Å². The van der Waals surface area contributed by atoms with Crippen molar-refractivity contribution >= 4 is 17.9 Å². The molecule has 0 aromatic carbocycles. The lowest BCUT2D eigenvalue weighted by atomic mass is 10.0. The fourth-order valence-corrected chi connectivity index (χ4v) is 8.00. The molecule has 0 aromatic heterocycles. The topological polar surface area (TPSA) is 78.9 Å². The van der Waals surface area contributed by atoms with Crippen molar-refractivity contribution in [1.29, 1.82) is 0 Å². The molecule has 0 spiro atoms. The van der Waals surface area contributed by atoms with Gasteiger partial charge in [-0.2, -0.15) is 0 Å². The lowest BCUT2D eigenvalue weighted by molar-refractivity contribution is -0.167. The third kappa shape index (κ3) is 53.7. The molecule has 0 aliphatic carbocycles. The van der Waals surface area contributed by atoms with Gasteiger partial charge in [0.25, 0.3) is 0 Å². The van der Waals surface area contributed by atoms with Crippen LogP contribution in [0.5, 0.6) is 0 Å². The van der Waals surface area contributed by atoms with Crippen LogP contribution in [0.4, 0.5) is 0 Å². The molecule has 0 bridgehead atoms. The summed E-state index contributed by atoms with van der Waals surface area (Å²) in [4.78, 5) is 38.0. The van der Waals surface area contributed by atoms with Crippen molar-refractivity contribution in [3.63, 3.8) is 0 Å². The van der Waals surface area contributed by atoms with Crippen LogP contribution in [-0.2, 0) is 28.6 Å². The number of ether oxygens (including phenoxy) is 3. The van der Waals surface area contributed by atoms with E-state index in [0.29, 0.717) is 12.8 Å². The molecular weight excluding hydrogens is 829 g/mol. The Kier molecular flexibility index (Phi) is 52.8. The van der Waals surface area contributed by atoms with Crippen LogP contribution in [-0.4, -0.2) is 37.2 Å². The number of allylic oxidation sites excluding steroid dienone is 12. The minimum absolute atomic E-state index is 0.0949. The molecule has 0 radical (unpaired) electrons. The number of hydrogen-bond acceptors (Lipinski definition) is 6. The second-order valence-electron chi connectivity index (χ2n) is 18.8. The van der Waals surface area contributed by atoms with E-state index in [4.69, 9.17) is 14.2 Å². The molecule has 0 fully saturated rings. The quantitative estimate of drug-likeness (QED) is 0.0262. The number of unbranched alkanes of at least 4 members (excludes halogenated alkanes) is 28. The standard InChI is InChI=1S/C61H106O6/c1-4-7-10-13-16-19-22-25-26-27-28-29-30-31-32-33-34-37-39-42-45-48-51-54-60(63)66-57-58(67-61(64)55-52-49-46-43-40-36-24-21-18-15-12-9-6-3)56-65-59(62)53-50-47-44-41-38-35-23-20-17-14-11-8-5-2/h8-9,11-12,17-18,20-21,35-36,38,40,58H,4-7,10,13-16,19,22-34,37,39,41-57H2,1-3H3/b11-8-,12-9-,20-17-,21-18-,38-35-,40-36-. The van der Waals surface area contributed by atoms with Gasteiger partial charge in [-0.15, -0.1) is 0 Å². The smallest absolute Gasteiger partial charge is 0.306 e. The molecule has 386 valence electrons. The summed E-state index contributed by atoms with van der Waals surface area (Å²) in [6.45, 7) is 6.38. The highest BCUT2D eigenvalue weighted by atomic mass is 16.6. The molecular formula is C61H106O6. The number of carbonyl (C=O) groups excluding carboxylic acids is 3. The monoisotopic (exact) mass is 935 g/mol. The lowest BCUT2D eigenvalue weighted by Gasteiger charge is -2.18. The molecule has 0 heterocycles. The third-order valence-electron chi connectivity index (χ3n) is 12.2. The molecule has 0 N–H and O–H groups in total. The summed E-state index contributed by atoms with van der Waals surface area (Å²) >= 11 is 0. The first kappa shape index (κ1) is 63.8. The van der Waals surface area contributed by atoms with Gasteiger partial charge in [0.15, 0.2) is 6.10 Å². The molecule has 6 nitrogen and oxygen atoms in total. The SMILES string of the molecule is CC/C=C\C/C=C\C/C=C\CCCCCC(=O)OCC(COC(=O)CCCCCCCCCCCCCCCCCCCCCCCCC)OC(=O)CCCCC/C=C\C/C=C\C/C=C\CC. The van der Waals surface area contributed by atoms with Gasteiger partial charge in [-0.1, -0.05) is 248 Å². The van der Waals surface area contributed by atoms with Gasteiger partial charge in [-0.05, 0) is 83.5 Å². The largest absolute Gasteiger partial charge is 0.462 e. The van der Waals surface area contributed by atoms with Crippen molar-refractivity contribution in [3.8, 4) is 0 Å². The summed E-state index contributed by atoms with van der Waals surface area (Å²) in [5.41, 5.74) is 0. The summed E-state index contributed by atoms with van der Waals surface area (Å²) in [6, 6.07) is 0. The highest BCUT2D eigenvalue weighted by molar-refractivity contribution is 5.71. The summed E-state index contributed by atoms with van der Waals surface area (Å²) < 4.78 is 16.8. The lowest BCUT2D eigenvalue weighted by Crippen LogP contribution is -2.30. The second-order valence-corrected chi connectivity index (χ2v) is 18.8. The average molecular weight is 936 g/mol. The Hall–Kier alpha value is -3.15. The van der Waals surface area contributed by atoms with Crippen molar-refractivity contribution in [2.45, 2.75) is 284 Å². The molecule has 1 unspecified atom stereocenters. The Labute approximate surface area is 414 Å². The van der Waals surface area contributed by atoms with Crippen LogP contribution in [0.25, 0.3) is 0 Å².